The molecule has 0 aromatic carbocycles. The van der Waals surface area contributed by atoms with Gasteiger partial charge >= 0.3 is 5.97 Å². The summed E-state index contributed by atoms with van der Waals surface area (Å²) in [5, 5.41) is 8.53. The lowest BCUT2D eigenvalue weighted by Crippen LogP contribution is -2.35. The van der Waals surface area contributed by atoms with Crippen LogP contribution in [0.25, 0.3) is 0 Å². The van der Waals surface area contributed by atoms with Crippen LogP contribution in [0.2, 0.25) is 0 Å². The first-order valence-electron chi connectivity index (χ1n) is 5.04. The predicted octanol–water partition coefficient (Wildman–Crippen LogP) is 0.275. The van der Waals surface area contributed by atoms with Gasteiger partial charge in [0.15, 0.2) is 0 Å². The highest BCUT2D eigenvalue weighted by molar-refractivity contribution is 5.72. The molecule has 2 atom stereocenters. The van der Waals surface area contributed by atoms with Crippen LogP contribution < -0.4 is 5.73 Å². The highest BCUT2D eigenvalue weighted by Crippen LogP contribution is 2.02. The first-order chi connectivity index (χ1) is 6.25. The van der Waals surface area contributed by atoms with Crippen LogP contribution in [0.15, 0.2) is 0 Å². The number of aliphatic carboxylic acids is 1. The number of rotatable bonds is 6. The van der Waals surface area contributed by atoms with Crippen LogP contribution in [-0.4, -0.2) is 49.3 Å². The fourth-order valence-corrected chi connectivity index (χ4v) is 0.940. The van der Waals surface area contributed by atoms with E-state index >= 15 is 0 Å². The van der Waals surface area contributed by atoms with Crippen molar-refractivity contribution in [2.45, 2.75) is 25.3 Å². The summed E-state index contributed by atoms with van der Waals surface area (Å²) in [6, 6.07) is -0.783. The van der Waals surface area contributed by atoms with Crippen LogP contribution in [0.1, 0.15) is 20.6 Å². The topological polar surface area (TPSA) is 63.3 Å². The largest absolute Gasteiger partial charge is 0.480 e. The first kappa shape index (κ1) is 10.5. The number of quaternary nitrogens is 1. The Hall–Kier alpha value is -0.610. The molecule has 0 aliphatic rings. The summed E-state index contributed by atoms with van der Waals surface area (Å²) in [5.74, 6) is -0.961. The molecule has 4 heteroatoms. The summed E-state index contributed by atoms with van der Waals surface area (Å²) >= 11 is 0. The van der Waals surface area contributed by atoms with E-state index in [1.165, 1.54) is 0 Å². The molecule has 3 N–H and O–H groups in total. The van der Waals surface area contributed by atoms with Crippen molar-refractivity contribution in [2.75, 3.05) is 27.7 Å². The molecule has 0 aliphatic heterocycles. The van der Waals surface area contributed by atoms with Crippen LogP contribution in [0.3, 0.4) is 0 Å². The van der Waals surface area contributed by atoms with Crippen LogP contribution in [-0.2, 0) is 4.79 Å². The summed E-state index contributed by atoms with van der Waals surface area (Å²) in [7, 11) is 5.86. The van der Waals surface area contributed by atoms with Crippen molar-refractivity contribution >= 4 is 5.97 Å². The molecule has 0 aromatic heterocycles. The number of hydrogen-bond acceptors (Lipinski definition) is 2. The average Bonchev–Trinajstić information content (AvgIpc) is 2.01. The Labute approximate surface area is 81.3 Å². The van der Waals surface area contributed by atoms with Gasteiger partial charge in [-0.15, -0.1) is 0 Å². The summed E-state index contributed by atoms with van der Waals surface area (Å²) in [6.07, 6.45) is 1.83. The molecule has 0 saturated heterocycles. The molecule has 0 heterocycles. The third-order valence-corrected chi connectivity index (χ3v) is 1.71. The molecule has 0 saturated carbocycles. The number of carboxylic acids is 1. The summed E-state index contributed by atoms with van der Waals surface area (Å²) < 4.78 is 8.33. The molecule has 0 radical (unpaired) electrons. The molecule has 0 fully saturated rings. The molecular weight excluding hydrogens is 168 g/mol. The zero-order chi connectivity index (χ0) is 11.4. The number of carbonyl (C=O) groups is 1. The van der Waals surface area contributed by atoms with Crippen molar-refractivity contribution in [3.63, 3.8) is 0 Å². The Morgan fingerprint density at radius 1 is 1.54 bits per heavy atom. The molecule has 4 nitrogen and oxygen atoms in total. The second-order valence-corrected chi connectivity index (χ2v) is 4.17. The fourth-order valence-electron chi connectivity index (χ4n) is 0.940. The van der Waals surface area contributed by atoms with Crippen LogP contribution in [0.4, 0.5) is 0 Å². The van der Waals surface area contributed by atoms with Crippen molar-refractivity contribution in [2.24, 2.45) is 5.73 Å². The maximum Gasteiger partial charge on any atom is 0.320 e. The van der Waals surface area contributed by atoms with E-state index in [0.29, 0.717) is 23.7 Å². The minimum Gasteiger partial charge on any atom is -0.480 e. The lowest BCUT2D eigenvalue weighted by atomic mass is 10.1. The zero-order valence-corrected chi connectivity index (χ0v) is 8.66. The van der Waals surface area contributed by atoms with E-state index in [0.717, 1.165) is 0 Å². The SMILES string of the molecule is [2H]C(CCC[C@H](N)C(=O)O)[N+](C)(C)C. The molecule has 0 rings (SSSR count). The van der Waals surface area contributed by atoms with Gasteiger partial charge in [-0.3, -0.25) is 4.79 Å². The normalized spacial score (nSPS) is 17.7. The van der Waals surface area contributed by atoms with Crippen molar-refractivity contribution in [1.29, 1.82) is 0 Å². The third-order valence-electron chi connectivity index (χ3n) is 1.71. The molecule has 78 valence electrons. The van der Waals surface area contributed by atoms with Crippen molar-refractivity contribution in [1.82, 2.24) is 0 Å². The van der Waals surface area contributed by atoms with E-state index < -0.39 is 12.0 Å². The Balaban J connectivity index is 3.70. The van der Waals surface area contributed by atoms with E-state index in [1.54, 1.807) is 0 Å². The van der Waals surface area contributed by atoms with Gasteiger partial charge in [-0.05, 0) is 19.3 Å². The monoisotopic (exact) mass is 190 g/mol. The smallest absolute Gasteiger partial charge is 0.320 e. The van der Waals surface area contributed by atoms with E-state index in [-0.39, 0.29) is 6.52 Å². The highest BCUT2D eigenvalue weighted by atomic mass is 16.4. The van der Waals surface area contributed by atoms with Gasteiger partial charge < -0.3 is 15.3 Å². The van der Waals surface area contributed by atoms with Crippen LogP contribution in [0.5, 0.6) is 0 Å². The van der Waals surface area contributed by atoms with E-state index in [1.807, 2.05) is 21.1 Å². The second kappa shape index (κ2) is 5.19. The molecule has 0 aliphatic carbocycles. The number of nitrogens with zero attached hydrogens (tertiary/aromatic N) is 1. The number of hydrogen-bond donors (Lipinski definition) is 2. The fraction of sp³-hybridized carbons (Fsp3) is 0.889. The van der Waals surface area contributed by atoms with Crippen molar-refractivity contribution in [3.05, 3.63) is 0 Å². The molecule has 13 heavy (non-hydrogen) atoms. The molecule has 0 bridgehead atoms. The molecule has 0 aromatic rings. The van der Waals surface area contributed by atoms with Gasteiger partial charge in [-0.1, -0.05) is 0 Å². The predicted molar refractivity (Wildman–Crippen MR) is 52.4 cm³/mol. The minimum absolute atomic E-state index is 0.212. The summed E-state index contributed by atoms with van der Waals surface area (Å²) in [6.45, 7) is -0.212. The maximum atomic E-state index is 10.4. The average molecular weight is 190 g/mol. The van der Waals surface area contributed by atoms with Gasteiger partial charge in [0, 0.05) is 0 Å². The quantitative estimate of drug-likeness (QED) is 0.591. The van der Waals surface area contributed by atoms with Crippen molar-refractivity contribution in [3.8, 4) is 0 Å². The van der Waals surface area contributed by atoms with E-state index in [2.05, 4.69) is 0 Å². The molecule has 0 spiro atoms. The molecular formula is C9H21N2O2+. The summed E-state index contributed by atoms with van der Waals surface area (Å²) in [5.41, 5.74) is 5.35. The van der Waals surface area contributed by atoms with E-state index in [4.69, 9.17) is 12.2 Å². The van der Waals surface area contributed by atoms with Crippen LogP contribution in [0, 0.1) is 0 Å². The second-order valence-electron chi connectivity index (χ2n) is 4.17. The Morgan fingerprint density at radius 2 is 2.08 bits per heavy atom. The Kier molecular flexibility index (Phi) is 4.18. The number of carboxylic acid groups (broad SMARTS) is 1. The molecule has 0 amide bonds. The van der Waals surface area contributed by atoms with E-state index in [9.17, 15) is 4.79 Å². The lowest BCUT2D eigenvalue weighted by molar-refractivity contribution is -0.870. The van der Waals surface area contributed by atoms with Gasteiger partial charge in [0.05, 0.1) is 29.0 Å². The summed E-state index contributed by atoms with van der Waals surface area (Å²) in [4.78, 5) is 10.4. The Bertz CT molecular complexity index is 192. The highest BCUT2D eigenvalue weighted by Gasteiger charge is 2.11. The van der Waals surface area contributed by atoms with Crippen LogP contribution >= 0.6 is 0 Å². The maximum absolute atomic E-state index is 10.4. The van der Waals surface area contributed by atoms with Gasteiger partial charge in [0.1, 0.15) is 6.04 Å². The first-order valence-corrected chi connectivity index (χ1v) is 4.47. The third kappa shape index (κ3) is 7.74. The van der Waals surface area contributed by atoms with Gasteiger partial charge in [0.25, 0.3) is 0 Å². The Morgan fingerprint density at radius 3 is 2.46 bits per heavy atom. The van der Waals surface area contributed by atoms with Gasteiger partial charge in [-0.25, -0.2) is 0 Å². The minimum atomic E-state index is -0.961. The number of nitrogens with two attached hydrogens (primary N) is 1. The lowest BCUT2D eigenvalue weighted by Gasteiger charge is -2.23. The van der Waals surface area contributed by atoms with Gasteiger partial charge in [-0.2, -0.15) is 0 Å². The standard InChI is InChI=1S/C9H20N2O2/c1-11(2,3)7-5-4-6-8(10)9(12)13/h8H,4-7,10H2,1-3H3/p+1/t8-/m0/s1/i7D/t7?,8-. The molecule has 1 unspecified atom stereocenters. The van der Waals surface area contributed by atoms with Crippen molar-refractivity contribution < 1.29 is 15.8 Å². The van der Waals surface area contributed by atoms with Gasteiger partial charge in [0.2, 0.25) is 0 Å². The zero-order valence-electron chi connectivity index (χ0n) is 9.66.